The Balaban J connectivity index is 2.12. The highest BCUT2D eigenvalue weighted by Gasteiger charge is 2.12. The van der Waals surface area contributed by atoms with Gasteiger partial charge in [-0.25, -0.2) is 4.79 Å². The third-order valence-electron chi connectivity index (χ3n) is 2.22. The SMILES string of the molecule is CC(=COc1ccc2c(c1)OCCO2)C(=O)O. The summed E-state index contributed by atoms with van der Waals surface area (Å²) in [5.41, 5.74) is 0.125. The molecule has 0 aromatic heterocycles. The zero-order valence-corrected chi connectivity index (χ0v) is 9.30. The van der Waals surface area contributed by atoms with Crippen LogP contribution in [-0.2, 0) is 4.79 Å². The minimum absolute atomic E-state index is 0.125. The molecule has 0 spiro atoms. The van der Waals surface area contributed by atoms with E-state index in [0.717, 1.165) is 0 Å². The van der Waals surface area contributed by atoms with E-state index in [1.165, 1.54) is 13.2 Å². The van der Waals surface area contributed by atoms with Crippen molar-refractivity contribution in [2.75, 3.05) is 13.2 Å². The molecule has 5 heteroatoms. The number of hydrogen-bond acceptors (Lipinski definition) is 4. The summed E-state index contributed by atoms with van der Waals surface area (Å²) in [6, 6.07) is 5.09. The first-order valence-electron chi connectivity index (χ1n) is 5.13. The molecule has 0 aliphatic carbocycles. The maximum Gasteiger partial charge on any atom is 0.334 e. The summed E-state index contributed by atoms with van der Waals surface area (Å²) in [5.74, 6) is 0.773. The zero-order chi connectivity index (χ0) is 12.3. The van der Waals surface area contributed by atoms with Gasteiger partial charge in [0, 0.05) is 6.07 Å². The van der Waals surface area contributed by atoms with Crippen LogP contribution in [0.3, 0.4) is 0 Å². The van der Waals surface area contributed by atoms with Crippen LogP contribution < -0.4 is 14.2 Å². The maximum atomic E-state index is 10.6. The maximum absolute atomic E-state index is 10.6. The Morgan fingerprint density at radius 1 is 1.35 bits per heavy atom. The minimum Gasteiger partial charge on any atom is -0.486 e. The molecule has 5 nitrogen and oxygen atoms in total. The van der Waals surface area contributed by atoms with Gasteiger partial charge in [-0.1, -0.05) is 0 Å². The fourth-order valence-electron chi connectivity index (χ4n) is 1.30. The molecule has 0 bridgehead atoms. The second-order valence-electron chi connectivity index (χ2n) is 3.53. The molecular weight excluding hydrogens is 224 g/mol. The van der Waals surface area contributed by atoms with E-state index in [1.54, 1.807) is 18.2 Å². The quantitative estimate of drug-likeness (QED) is 0.640. The fourth-order valence-corrected chi connectivity index (χ4v) is 1.30. The van der Waals surface area contributed by atoms with E-state index in [9.17, 15) is 4.79 Å². The Morgan fingerprint density at radius 3 is 2.76 bits per heavy atom. The molecule has 1 N–H and O–H groups in total. The summed E-state index contributed by atoms with van der Waals surface area (Å²) in [5, 5.41) is 8.66. The lowest BCUT2D eigenvalue weighted by Crippen LogP contribution is -2.15. The van der Waals surface area contributed by atoms with E-state index >= 15 is 0 Å². The first kappa shape index (κ1) is 11.3. The molecule has 1 heterocycles. The van der Waals surface area contributed by atoms with E-state index in [1.807, 2.05) is 0 Å². The highest BCUT2D eigenvalue weighted by Crippen LogP contribution is 2.33. The van der Waals surface area contributed by atoms with Crippen LogP contribution in [0, 0.1) is 0 Å². The topological polar surface area (TPSA) is 65.0 Å². The number of carboxylic acids is 1. The molecule has 1 aliphatic rings. The lowest BCUT2D eigenvalue weighted by molar-refractivity contribution is -0.132. The first-order valence-corrected chi connectivity index (χ1v) is 5.13. The van der Waals surface area contributed by atoms with Crippen LogP contribution in [0.1, 0.15) is 6.92 Å². The van der Waals surface area contributed by atoms with E-state index in [2.05, 4.69) is 0 Å². The summed E-state index contributed by atoms with van der Waals surface area (Å²) >= 11 is 0. The standard InChI is InChI=1S/C12H12O5/c1-8(12(13)14)7-17-9-2-3-10-11(6-9)16-5-4-15-10/h2-3,6-7H,4-5H2,1H3,(H,13,14). The molecule has 90 valence electrons. The monoisotopic (exact) mass is 236 g/mol. The Kier molecular flexibility index (Phi) is 3.18. The van der Waals surface area contributed by atoms with E-state index < -0.39 is 5.97 Å². The minimum atomic E-state index is -1.01. The normalized spacial score (nSPS) is 14.3. The molecule has 0 saturated carbocycles. The number of aliphatic carboxylic acids is 1. The second-order valence-corrected chi connectivity index (χ2v) is 3.53. The molecule has 1 aromatic carbocycles. The Bertz CT molecular complexity index is 464. The molecule has 0 unspecified atom stereocenters. The largest absolute Gasteiger partial charge is 0.486 e. The van der Waals surface area contributed by atoms with Crippen molar-refractivity contribution in [3.8, 4) is 17.2 Å². The van der Waals surface area contributed by atoms with Gasteiger partial charge in [0.1, 0.15) is 25.2 Å². The number of rotatable bonds is 3. The lowest BCUT2D eigenvalue weighted by atomic mass is 10.3. The van der Waals surface area contributed by atoms with Crippen LogP contribution in [0.5, 0.6) is 17.2 Å². The average Bonchev–Trinajstić information content (AvgIpc) is 2.35. The van der Waals surface area contributed by atoms with Gasteiger partial charge in [0.05, 0.1) is 5.57 Å². The van der Waals surface area contributed by atoms with Crippen LogP contribution in [0.15, 0.2) is 30.0 Å². The van der Waals surface area contributed by atoms with Crippen molar-refractivity contribution in [3.05, 3.63) is 30.0 Å². The smallest absolute Gasteiger partial charge is 0.334 e. The Labute approximate surface area is 98.2 Å². The fraction of sp³-hybridized carbons (Fsp3) is 0.250. The van der Waals surface area contributed by atoms with Crippen molar-refractivity contribution in [2.24, 2.45) is 0 Å². The summed E-state index contributed by atoms with van der Waals surface area (Å²) in [7, 11) is 0. The van der Waals surface area contributed by atoms with Gasteiger partial charge < -0.3 is 19.3 Å². The van der Waals surface area contributed by atoms with Crippen molar-refractivity contribution in [2.45, 2.75) is 6.92 Å². The summed E-state index contributed by atoms with van der Waals surface area (Å²) < 4.78 is 15.9. The molecule has 0 saturated heterocycles. The molecular formula is C12H12O5. The number of ether oxygens (including phenoxy) is 3. The zero-order valence-electron chi connectivity index (χ0n) is 9.30. The van der Waals surface area contributed by atoms with Crippen molar-refractivity contribution >= 4 is 5.97 Å². The Morgan fingerprint density at radius 2 is 2.06 bits per heavy atom. The highest BCUT2D eigenvalue weighted by atomic mass is 16.6. The summed E-state index contributed by atoms with van der Waals surface area (Å²) in [4.78, 5) is 10.6. The van der Waals surface area contributed by atoms with Crippen LogP contribution >= 0.6 is 0 Å². The number of hydrogen-bond donors (Lipinski definition) is 1. The number of fused-ring (bicyclic) bond motifs is 1. The van der Waals surface area contributed by atoms with Gasteiger partial charge in [0.15, 0.2) is 11.5 Å². The second kappa shape index (κ2) is 4.78. The van der Waals surface area contributed by atoms with E-state index in [4.69, 9.17) is 19.3 Å². The third kappa shape index (κ3) is 2.69. The molecule has 1 aliphatic heterocycles. The first-order chi connectivity index (χ1) is 8.16. The van der Waals surface area contributed by atoms with Gasteiger partial charge in [0.2, 0.25) is 0 Å². The third-order valence-corrected chi connectivity index (χ3v) is 2.22. The number of carbonyl (C=O) groups is 1. The number of benzene rings is 1. The van der Waals surface area contributed by atoms with Gasteiger partial charge in [-0.05, 0) is 19.1 Å². The van der Waals surface area contributed by atoms with Crippen LogP contribution in [0.25, 0.3) is 0 Å². The van der Waals surface area contributed by atoms with Gasteiger partial charge in [-0.3, -0.25) is 0 Å². The Hall–Kier alpha value is -2.17. The van der Waals surface area contributed by atoms with Crippen molar-refractivity contribution < 1.29 is 24.1 Å². The number of carboxylic acid groups (broad SMARTS) is 1. The molecule has 0 amide bonds. The van der Waals surface area contributed by atoms with Crippen molar-refractivity contribution in [1.29, 1.82) is 0 Å². The van der Waals surface area contributed by atoms with Crippen molar-refractivity contribution in [3.63, 3.8) is 0 Å². The van der Waals surface area contributed by atoms with Crippen LogP contribution in [0.2, 0.25) is 0 Å². The van der Waals surface area contributed by atoms with Crippen LogP contribution in [0.4, 0.5) is 0 Å². The van der Waals surface area contributed by atoms with Gasteiger partial charge in [-0.15, -0.1) is 0 Å². The van der Waals surface area contributed by atoms with Crippen LogP contribution in [-0.4, -0.2) is 24.3 Å². The average molecular weight is 236 g/mol. The van der Waals surface area contributed by atoms with E-state index in [0.29, 0.717) is 30.5 Å². The van der Waals surface area contributed by atoms with Gasteiger partial charge in [-0.2, -0.15) is 0 Å². The summed E-state index contributed by atoms with van der Waals surface area (Å²) in [6.45, 7) is 2.49. The predicted molar refractivity (Wildman–Crippen MR) is 59.5 cm³/mol. The lowest BCUT2D eigenvalue weighted by Gasteiger charge is -2.18. The van der Waals surface area contributed by atoms with Gasteiger partial charge in [0.25, 0.3) is 0 Å². The van der Waals surface area contributed by atoms with Gasteiger partial charge >= 0.3 is 5.97 Å². The van der Waals surface area contributed by atoms with E-state index in [-0.39, 0.29) is 5.57 Å². The molecule has 1 aromatic rings. The van der Waals surface area contributed by atoms with Crippen molar-refractivity contribution in [1.82, 2.24) is 0 Å². The molecule has 2 rings (SSSR count). The predicted octanol–water partition coefficient (Wildman–Crippen LogP) is 1.83. The summed E-state index contributed by atoms with van der Waals surface area (Å²) in [6.07, 6.45) is 1.19. The molecule has 0 atom stereocenters. The highest BCUT2D eigenvalue weighted by molar-refractivity contribution is 5.85. The molecule has 17 heavy (non-hydrogen) atoms. The molecule has 0 radical (unpaired) electrons. The molecule has 0 fully saturated rings.